The lowest BCUT2D eigenvalue weighted by Crippen LogP contribution is -2.30. The molecular weight excluding hydrogens is 379 g/mol. The van der Waals surface area contributed by atoms with Crippen LogP contribution < -0.4 is 10.6 Å². The molecule has 0 spiro atoms. The molecule has 3 aromatic rings. The second-order valence-electron chi connectivity index (χ2n) is 7.29. The minimum Gasteiger partial charge on any atom is -0.458 e. The fraction of sp³-hybridized carbons (Fsp3) is 0.240. The molecule has 0 bridgehead atoms. The van der Waals surface area contributed by atoms with Gasteiger partial charge < -0.3 is 9.30 Å². The standard InChI is InChI=1S/C25H27O3P/c1-3-24(28-25(26)21-13-7-4-8-14-21)20(2)19-29(27,22-15-9-5-10-16-22)23-17-11-6-12-18-23/h4-18,20,24H,3,19H2,1-2H3/t20-,24+/m1/s1. The van der Waals surface area contributed by atoms with Gasteiger partial charge in [0, 0.05) is 22.7 Å². The maximum atomic E-state index is 14.3. The lowest BCUT2D eigenvalue weighted by molar-refractivity contribution is 0.0177. The molecule has 3 nitrogen and oxygen atoms in total. The minimum absolute atomic E-state index is 0.0566. The second-order valence-corrected chi connectivity index (χ2v) is 10.2. The summed E-state index contributed by atoms with van der Waals surface area (Å²) in [5.41, 5.74) is 0.535. The summed E-state index contributed by atoms with van der Waals surface area (Å²) < 4.78 is 20.1. The van der Waals surface area contributed by atoms with Crippen molar-refractivity contribution in [3.05, 3.63) is 96.6 Å². The maximum Gasteiger partial charge on any atom is 0.338 e. The number of hydrogen-bond donors (Lipinski definition) is 0. The molecule has 0 aliphatic rings. The first-order valence-corrected chi connectivity index (χ1v) is 11.9. The summed E-state index contributed by atoms with van der Waals surface area (Å²) in [4.78, 5) is 12.5. The van der Waals surface area contributed by atoms with Crippen LogP contribution in [-0.4, -0.2) is 18.2 Å². The van der Waals surface area contributed by atoms with Crippen LogP contribution in [0.1, 0.15) is 30.6 Å². The highest BCUT2D eigenvalue weighted by molar-refractivity contribution is 7.78. The normalized spacial score (nSPS) is 13.4. The smallest absolute Gasteiger partial charge is 0.338 e. The summed E-state index contributed by atoms with van der Waals surface area (Å²) >= 11 is 0. The highest BCUT2D eigenvalue weighted by atomic mass is 31.2. The quantitative estimate of drug-likeness (QED) is 0.378. The third-order valence-corrected chi connectivity index (χ3v) is 8.55. The van der Waals surface area contributed by atoms with Gasteiger partial charge in [0.25, 0.3) is 0 Å². The van der Waals surface area contributed by atoms with Crippen molar-refractivity contribution >= 4 is 23.7 Å². The molecule has 0 aliphatic carbocycles. The van der Waals surface area contributed by atoms with E-state index in [-0.39, 0.29) is 18.0 Å². The Labute approximate surface area is 173 Å². The number of carbonyl (C=O) groups is 1. The van der Waals surface area contributed by atoms with Gasteiger partial charge in [0.05, 0.1) is 5.56 Å². The summed E-state index contributed by atoms with van der Waals surface area (Å²) in [6, 6.07) is 28.3. The van der Waals surface area contributed by atoms with Gasteiger partial charge in [-0.05, 0) is 18.6 Å². The summed E-state index contributed by atoms with van der Waals surface area (Å²) in [5.74, 6) is -0.391. The van der Waals surface area contributed by atoms with Gasteiger partial charge >= 0.3 is 5.97 Å². The van der Waals surface area contributed by atoms with Crippen molar-refractivity contribution in [3.8, 4) is 0 Å². The molecule has 0 amide bonds. The molecule has 0 unspecified atom stereocenters. The van der Waals surface area contributed by atoms with Crippen molar-refractivity contribution in [1.82, 2.24) is 0 Å². The van der Waals surface area contributed by atoms with Crippen molar-refractivity contribution in [1.29, 1.82) is 0 Å². The zero-order valence-corrected chi connectivity index (χ0v) is 17.8. The van der Waals surface area contributed by atoms with Crippen LogP contribution in [0.4, 0.5) is 0 Å². The molecule has 2 atom stereocenters. The van der Waals surface area contributed by atoms with E-state index in [4.69, 9.17) is 4.74 Å². The Kier molecular flexibility index (Phi) is 7.06. The summed E-state index contributed by atoms with van der Waals surface area (Å²) in [7, 11) is -2.85. The first-order chi connectivity index (χ1) is 14.0. The van der Waals surface area contributed by atoms with Crippen LogP contribution in [0, 0.1) is 5.92 Å². The zero-order valence-electron chi connectivity index (χ0n) is 16.9. The lowest BCUT2D eigenvalue weighted by atomic mass is 10.0. The molecule has 0 radical (unpaired) electrons. The largest absolute Gasteiger partial charge is 0.458 e. The number of esters is 1. The number of ether oxygens (including phenoxy) is 1. The van der Waals surface area contributed by atoms with Crippen LogP contribution in [0.5, 0.6) is 0 Å². The monoisotopic (exact) mass is 406 g/mol. The Morgan fingerprint density at radius 1 is 0.828 bits per heavy atom. The van der Waals surface area contributed by atoms with E-state index in [2.05, 4.69) is 0 Å². The van der Waals surface area contributed by atoms with Crippen LogP contribution in [0.2, 0.25) is 0 Å². The Morgan fingerprint density at radius 2 is 1.28 bits per heavy atom. The van der Waals surface area contributed by atoms with E-state index in [1.807, 2.05) is 92.7 Å². The van der Waals surface area contributed by atoms with Gasteiger partial charge in [0.2, 0.25) is 0 Å². The van der Waals surface area contributed by atoms with E-state index < -0.39 is 7.14 Å². The van der Waals surface area contributed by atoms with E-state index in [0.717, 1.165) is 10.6 Å². The molecule has 0 aliphatic heterocycles. The Morgan fingerprint density at radius 3 is 1.72 bits per heavy atom. The fourth-order valence-electron chi connectivity index (χ4n) is 3.60. The number of rotatable bonds is 8. The molecule has 150 valence electrons. The summed E-state index contributed by atoms with van der Waals surface area (Å²) in [6.45, 7) is 4.01. The topological polar surface area (TPSA) is 43.4 Å². The van der Waals surface area contributed by atoms with Crippen molar-refractivity contribution in [2.45, 2.75) is 26.4 Å². The van der Waals surface area contributed by atoms with Crippen molar-refractivity contribution < 1.29 is 14.1 Å². The number of carbonyl (C=O) groups excluding carboxylic acids is 1. The van der Waals surface area contributed by atoms with E-state index in [1.165, 1.54) is 0 Å². The van der Waals surface area contributed by atoms with Gasteiger partial charge in [-0.3, -0.25) is 0 Å². The van der Waals surface area contributed by atoms with E-state index in [0.29, 0.717) is 18.1 Å². The first-order valence-electron chi connectivity index (χ1n) is 10.0. The molecule has 0 fully saturated rings. The SMILES string of the molecule is CC[C@H](OC(=O)c1ccccc1)[C@H](C)CP(=O)(c1ccccc1)c1ccccc1. The molecule has 0 saturated carbocycles. The minimum atomic E-state index is -2.85. The van der Waals surface area contributed by atoms with E-state index >= 15 is 0 Å². The highest BCUT2D eigenvalue weighted by Crippen LogP contribution is 2.46. The molecule has 4 heteroatoms. The highest BCUT2D eigenvalue weighted by Gasteiger charge is 2.33. The number of hydrogen-bond acceptors (Lipinski definition) is 3. The van der Waals surface area contributed by atoms with E-state index in [1.54, 1.807) is 12.1 Å². The van der Waals surface area contributed by atoms with Crippen LogP contribution in [0.25, 0.3) is 0 Å². The molecule has 0 N–H and O–H groups in total. The third-order valence-electron chi connectivity index (χ3n) is 5.20. The van der Waals surface area contributed by atoms with Gasteiger partial charge in [-0.25, -0.2) is 4.79 Å². The van der Waals surface area contributed by atoms with Gasteiger partial charge in [0.15, 0.2) is 0 Å². The van der Waals surface area contributed by atoms with Crippen molar-refractivity contribution in [2.75, 3.05) is 6.16 Å². The van der Waals surface area contributed by atoms with Gasteiger partial charge in [0.1, 0.15) is 13.2 Å². The van der Waals surface area contributed by atoms with Crippen LogP contribution >= 0.6 is 7.14 Å². The van der Waals surface area contributed by atoms with Gasteiger partial charge in [-0.1, -0.05) is 92.7 Å². The van der Waals surface area contributed by atoms with Crippen LogP contribution in [0.3, 0.4) is 0 Å². The van der Waals surface area contributed by atoms with Crippen molar-refractivity contribution in [2.24, 2.45) is 5.92 Å². The van der Waals surface area contributed by atoms with Crippen molar-refractivity contribution in [3.63, 3.8) is 0 Å². The maximum absolute atomic E-state index is 14.3. The molecular formula is C25H27O3P. The molecule has 0 heterocycles. The molecule has 0 aromatic heterocycles. The number of benzene rings is 3. The third kappa shape index (κ3) is 5.05. The van der Waals surface area contributed by atoms with E-state index in [9.17, 15) is 9.36 Å². The Bertz CT molecular complexity index is 912. The second kappa shape index (κ2) is 9.71. The first kappa shape index (κ1) is 21.1. The van der Waals surface area contributed by atoms with Crippen LogP contribution in [-0.2, 0) is 9.30 Å². The summed E-state index contributed by atoms with van der Waals surface area (Å²) in [5, 5.41) is 1.67. The Hall–Kier alpha value is -2.64. The molecule has 3 aromatic carbocycles. The van der Waals surface area contributed by atoms with Gasteiger partial charge in [-0.2, -0.15) is 0 Å². The fourth-order valence-corrected chi connectivity index (χ4v) is 6.68. The molecule has 29 heavy (non-hydrogen) atoms. The summed E-state index contributed by atoms with van der Waals surface area (Å²) in [6.07, 6.45) is 0.814. The Balaban J connectivity index is 1.85. The molecule has 0 saturated heterocycles. The van der Waals surface area contributed by atoms with Crippen LogP contribution in [0.15, 0.2) is 91.0 Å². The zero-order chi connectivity index (χ0) is 20.7. The molecule has 3 rings (SSSR count). The average Bonchev–Trinajstić information content (AvgIpc) is 2.78. The predicted molar refractivity (Wildman–Crippen MR) is 120 cm³/mol. The average molecular weight is 406 g/mol. The lowest BCUT2D eigenvalue weighted by Gasteiger charge is -2.28. The predicted octanol–water partition coefficient (Wildman–Crippen LogP) is 5.27. The van der Waals surface area contributed by atoms with Gasteiger partial charge in [-0.15, -0.1) is 0 Å².